The van der Waals surface area contributed by atoms with E-state index in [2.05, 4.69) is 5.32 Å². The van der Waals surface area contributed by atoms with Crippen molar-refractivity contribution in [3.05, 3.63) is 35.9 Å². The van der Waals surface area contributed by atoms with Gasteiger partial charge in [0, 0.05) is 25.3 Å². The van der Waals surface area contributed by atoms with Crippen LogP contribution in [0.15, 0.2) is 18.2 Å². The number of ether oxygens (including phenoxy) is 4. The van der Waals surface area contributed by atoms with Gasteiger partial charge in [0.25, 0.3) is 0 Å². The molecule has 8 atom stereocenters. The van der Waals surface area contributed by atoms with Crippen LogP contribution in [0.1, 0.15) is 30.9 Å². The van der Waals surface area contributed by atoms with Crippen LogP contribution >= 0.6 is 0 Å². The van der Waals surface area contributed by atoms with E-state index in [1.54, 1.807) is 12.1 Å². The number of aromatic hydroxyl groups is 1. The fraction of sp³-hybridized carbons (Fsp3) is 0.609. The number of carbonyl (C=O) groups is 2. The van der Waals surface area contributed by atoms with Gasteiger partial charge in [0.2, 0.25) is 5.91 Å². The molecule has 3 heterocycles. The zero-order valence-electron chi connectivity index (χ0n) is 18.7. The summed E-state index contributed by atoms with van der Waals surface area (Å²) in [7, 11) is 0. The third-order valence-corrected chi connectivity index (χ3v) is 6.38. The Labute approximate surface area is 196 Å². The van der Waals surface area contributed by atoms with E-state index in [9.17, 15) is 30.0 Å². The Bertz CT molecular complexity index is 895. The summed E-state index contributed by atoms with van der Waals surface area (Å²) in [5, 5.41) is 43.0. The molecule has 0 aliphatic carbocycles. The van der Waals surface area contributed by atoms with Crippen LogP contribution in [0.25, 0.3) is 0 Å². The Morgan fingerprint density at radius 2 is 2.00 bits per heavy atom. The van der Waals surface area contributed by atoms with E-state index < -0.39 is 61.5 Å². The molecule has 3 aliphatic heterocycles. The first-order valence-electron chi connectivity index (χ1n) is 11.3. The van der Waals surface area contributed by atoms with Gasteiger partial charge in [-0.1, -0.05) is 12.1 Å². The van der Waals surface area contributed by atoms with E-state index in [0.717, 1.165) is 12.2 Å². The normalized spacial score (nSPS) is 36.4. The van der Waals surface area contributed by atoms with Crippen LogP contribution in [0.3, 0.4) is 0 Å². The molecule has 1 radical (unpaired) electrons. The Morgan fingerprint density at radius 1 is 1.21 bits per heavy atom. The molecular formula is C23H30NO10. The number of phenols is 1. The predicted molar refractivity (Wildman–Crippen MR) is 114 cm³/mol. The average molecular weight is 480 g/mol. The van der Waals surface area contributed by atoms with Gasteiger partial charge in [0.15, 0.2) is 18.7 Å². The number of amides is 1. The number of hydrogen-bond acceptors (Lipinski definition) is 10. The fourth-order valence-electron chi connectivity index (χ4n) is 4.68. The highest BCUT2D eigenvalue weighted by Gasteiger charge is 2.47. The predicted octanol–water partition coefficient (Wildman–Crippen LogP) is -0.928. The standard InChI is InChI=1S/C23H30NO10/c1-11(26)24-20-22(30)21(29)19(8-25)34-23(20)33-14-6-13-5-12-3-2-4-16(27)15(12)9-31-10-17(28)18(7-14)32-13/h2-4,10,13-14,18-23,25,27,29-30H,5-9H2,1H3,(H,24,26)/t13-,14+,18+,19-,20-,21-,22-,23?/m0/s1. The quantitative estimate of drug-likeness (QED) is 0.364. The molecule has 0 aromatic heterocycles. The number of Topliss-reactive ketones (excluding diaryl/α,β-unsaturated/α-hetero) is 1. The van der Waals surface area contributed by atoms with Crippen LogP contribution in [0.4, 0.5) is 0 Å². The molecule has 11 heteroatoms. The molecule has 2 saturated heterocycles. The van der Waals surface area contributed by atoms with Gasteiger partial charge in [-0.2, -0.15) is 0 Å². The minimum Gasteiger partial charge on any atom is -0.508 e. The van der Waals surface area contributed by atoms with Crippen LogP contribution < -0.4 is 5.32 Å². The van der Waals surface area contributed by atoms with E-state index in [0.29, 0.717) is 18.4 Å². The van der Waals surface area contributed by atoms with Crippen molar-refractivity contribution in [3.63, 3.8) is 0 Å². The largest absolute Gasteiger partial charge is 0.508 e. The lowest BCUT2D eigenvalue weighted by Gasteiger charge is -2.44. The van der Waals surface area contributed by atoms with E-state index in [4.69, 9.17) is 18.9 Å². The van der Waals surface area contributed by atoms with Crippen LogP contribution in [0, 0.1) is 6.61 Å². The fourth-order valence-corrected chi connectivity index (χ4v) is 4.68. The minimum atomic E-state index is -1.44. The van der Waals surface area contributed by atoms with E-state index in [-0.39, 0.29) is 24.6 Å². The number of aliphatic hydroxyl groups excluding tert-OH is 3. The number of fused-ring (bicyclic) bond motifs is 3. The van der Waals surface area contributed by atoms with Crippen LogP contribution in [-0.2, 0) is 41.6 Å². The number of phenolic OH excluding ortho intramolecular Hbond substituents is 1. The highest BCUT2D eigenvalue weighted by atomic mass is 16.7. The molecule has 2 fully saturated rings. The van der Waals surface area contributed by atoms with Gasteiger partial charge in [-0.3, -0.25) is 9.59 Å². The molecule has 187 valence electrons. The zero-order valence-corrected chi connectivity index (χ0v) is 18.7. The van der Waals surface area contributed by atoms with Crippen molar-refractivity contribution in [1.29, 1.82) is 0 Å². The SMILES string of the molecule is CC(=O)N[C@@H]1C(O[C@@H]2C[C@@H]3Cc4cccc(O)c4CO[CH]C(=O)[C@@H](C2)O3)O[C@@H](CO)[C@H](O)[C@H]1O. The van der Waals surface area contributed by atoms with Gasteiger partial charge >= 0.3 is 0 Å². The van der Waals surface area contributed by atoms with Crippen molar-refractivity contribution in [3.8, 4) is 5.75 Å². The number of benzene rings is 1. The maximum absolute atomic E-state index is 12.7. The van der Waals surface area contributed by atoms with Gasteiger partial charge in [-0.25, -0.2) is 0 Å². The summed E-state index contributed by atoms with van der Waals surface area (Å²) in [6, 6.07) is 4.04. The first-order chi connectivity index (χ1) is 16.3. The number of ketones is 1. The molecule has 1 unspecified atom stereocenters. The van der Waals surface area contributed by atoms with Crippen molar-refractivity contribution < 1.29 is 49.0 Å². The smallest absolute Gasteiger partial charge is 0.217 e. The lowest BCUT2D eigenvalue weighted by Crippen LogP contribution is -2.65. The van der Waals surface area contributed by atoms with Crippen molar-refractivity contribution in [2.45, 2.75) is 81.7 Å². The topological polar surface area (TPSA) is 164 Å². The van der Waals surface area contributed by atoms with Crippen LogP contribution in [-0.4, -0.2) is 87.7 Å². The molecule has 3 aliphatic rings. The highest BCUT2D eigenvalue weighted by molar-refractivity contribution is 5.89. The van der Waals surface area contributed by atoms with Crippen molar-refractivity contribution in [2.75, 3.05) is 6.61 Å². The summed E-state index contributed by atoms with van der Waals surface area (Å²) in [6.07, 6.45) is -6.03. The zero-order chi connectivity index (χ0) is 24.4. The number of aliphatic hydroxyl groups is 3. The second-order valence-corrected chi connectivity index (χ2v) is 8.86. The molecule has 5 N–H and O–H groups in total. The van der Waals surface area contributed by atoms with E-state index >= 15 is 0 Å². The van der Waals surface area contributed by atoms with Crippen LogP contribution in [0.2, 0.25) is 0 Å². The number of rotatable bonds is 4. The molecule has 0 spiro atoms. The number of hydrogen-bond donors (Lipinski definition) is 5. The molecule has 0 saturated carbocycles. The molecule has 34 heavy (non-hydrogen) atoms. The molecule has 2 bridgehead atoms. The Morgan fingerprint density at radius 3 is 2.74 bits per heavy atom. The molecule has 1 amide bonds. The minimum absolute atomic E-state index is 0.0597. The van der Waals surface area contributed by atoms with Gasteiger partial charge < -0.3 is 44.7 Å². The van der Waals surface area contributed by atoms with Crippen LogP contribution in [0.5, 0.6) is 5.75 Å². The van der Waals surface area contributed by atoms with E-state index in [1.807, 2.05) is 6.07 Å². The first kappa shape index (κ1) is 25.0. The lowest BCUT2D eigenvalue weighted by molar-refractivity contribution is -0.290. The average Bonchev–Trinajstić information content (AvgIpc) is 2.79. The second kappa shape index (κ2) is 10.6. The molecule has 1 aromatic rings. The molecule has 4 rings (SSSR count). The molecule has 1 aromatic carbocycles. The van der Waals surface area contributed by atoms with Crippen molar-refractivity contribution in [2.24, 2.45) is 0 Å². The monoisotopic (exact) mass is 480 g/mol. The highest BCUT2D eigenvalue weighted by Crippen LogP contribution is 2.33. The summed E-state index contributed by atoms with van der Waals surface area (Å²) in [6.45, 7) is 1.83. The first-order valence-corrected chi connectivity index (χ1v) is 11.3. The third-order valence-electron chi connectivity index (χ3n) is 6.38. The maximum Gasteiger partial charge on any atom is 0.217 e. The van der Waals surface area contributed by atoms with Gasteiger partial charge in [-0.15, -0.1) is 0 Å². The Hall–Kier alpha value is -2.12. The van der Waals surface area contributed by atoms with E-state index in [1.165, 1.54) is 6.92 Å². The summed E-state index contributed by atoms with van der Waals surface area (Å²) >= 11 is 0. The lowest BCUT2D eigenvalue weighted by atomic mass is 9.92. The summed E-state index contributed by atoms with van der Waals surface area (Å²) < 4.78 is 23.2. The summed E-state index contributed by atoms with van der Waals surface area (Å²) in [5.41, 5.74) is 1.39. The Kier molecular flexibility index (Phi) is 7.83. The number of nitrogens with one attached hydrogen (secondary N) is 1. The Balaban J connectivity index is 1.55. The molecular weight excluding hydrogens is 450 g/mol. The number of carbonyl (C=O) groups excluding carboxylic acids is 2. The van der Waals surface area contributed by atoms with Crippen molar-refractivity contribution in [1.82, 2.24) is 5.32 Å². The molecule has 11 nitrogen and oxygen atoms in total. The maximum atomic E-state index is 12.7. The second-order valence-electron chi connectivity index (χ2n) is 8.86. The van der Waals surface area contributed by atoms with Crippen molar-refractivity contribution >= 4 is 11.7 Å². The third kappa shape index (κ3) is 5.41. The summed E-state index contributed by atoms with van der Waals surface area (Å²) in [4.78, 5) is 24.3. The summed E-state index contributed by atoms with van der Waals surface area (Å²) in [5.74, 6) is -0.779. The van der Waals surface area contributed by atoms with Gasteiger partial charge in [0.05, 0.1) is 25.4 Å². The van der Waals surface area contributed by atoms with Gasteiger partial charge in [0.1, 0.15) is 36.2 Å². The van der Waals surface area contributed by atoms with Gasteiger partial charge in [-0.05, 0) is 18.1 Å².